The van der Waals surface area contributed by atoms with E-state index in [0.29, 0.717) is 0 Å². The van der Waals surface area contributed by atoms with Gasteiger partial charge in [0.25, 0.3) is 0 Å². The SMILES string of the molecule is C.Cc1ccc2c(c1)CCCO2. The maximum absolute atomic E-state index is 5.48. The van der Waals surface area contributed by atoms with Gasteiger partial charge >= 0.3 is 0 Å². The summed E-state index contributed by atoms with van der Waals surface area (Å²) in [4.78, 5) is 0. The molecule has 2 rings (SSSR count). The van der Waals surface area contributed by atoms with E-state index >= 15 is 0 Å². The van der Waals surface area contributed by atoms with Crippen LogP contribution >= 0.6 is 0 Å². The summed E-state index contributed by atoms with van der Waals surface area (Å²) in [6, 6.07) is 6.39. The summed E-state index contributed by atoms with van der Waals surface area (Å²) >= 11 is 0. The molecule has 0 atom stereocenters. The number of aryl methyl sites for hydroxylation is 2. The lowest BCUT2D eigenvalue weighted by atomic mass is 10.0. The van der Waals surface area contributed by atoms with Crippen molar-refractivity contribution in [2.75, 3.05) is 6.61 Å². The maximum atomic E-state index is 5.48. The van der Waals surface area contributed by atoms with E-state index in [1.165, 1.54) is 17.5 Å². The molecule has 1 aliphatic rings. The zero-order chi connectivity index (χ0) is 7.68. The first-order valence-electron chi connectivity index (χ1n) is 4.08. The van der Waals surface area contributed by atoms with Gasteiger partial charge in [-0.05, 0) is 31.4 Å². The molecule has 0 amide bonds. The Morgan fingerprint density at radius 3 is 3.00 bits per heavy atom. The summed E-state index contributed by atoms with van der Waals surface area (Å²) in [6.07, 6.45) is 2.34. The lowest BCUT2D eigenvalue weighted by Crippen LogP contribution is -2.07. The summed E-state index contributed by atoms with van der Waals surface area (Å²) < 4.78 is 5.48. The summed E-state index contributed by atoms with van der Waals surface area (Å²) in [5, 5.41) is 0. The number of ether oxygens (including phenoxy) is 1. The van der Waals surface area contributed by atoms with Gasteiger partial charge in [-0.2, -0.15) is 0 Å². The van der Waals surface area contributed by atoms with Gasteiger partial charge < -0.3 is 4.74 Å². The van der Waals surface area contributed by atoms with Gasteiger partial charge in [0, 0.05) is 0 Å². The summed E-state index contributed by atoms with van der Waals surface area (Å²) in [5.41, 5.74) is 2.70. The van der Waals surface area contributed by atoms with E-state index in [9.17, 15) is 0 Å². The zero-order valence-corrected chi connectivity index (χ0v) is 6.76. The van der Waals surface area contributed by atoms with E-state index in [2.05, 4.69) is 25.1 Å². The molecule has 0 saturated heterocycles. The number of hydrogen-bond donors (Lipinski definition) is 0. The van der Waals surface area contributed by atoms with E-state index < -0.39 is 0 Å². The Morgan fingerprint density at radius 1 is 1.33 bits per heavy atom. The third-order valence-corrected chi connectivity index (χ3v) is 2.06. The van der Waals surface area contributed by atoms with Gasteiger partial charge in [0.2, 0.25) is 0 Å². The Balaban J connectivity index is 0.000000720. The molecule has 0 bridgehead atoms. The smallest absolute Gasteiger partial charge is 0.122 e. The lowest BCUT2D eigenvalue weighted by molar-refractivity contribution is 0.288. The Labute approximate surface area is 74.4 Å². The minimum absolute atomic E-state index is 0. The lowest BCUT2D eigenvalue weighted by Gasteiger charge is -2.16. The highest BCUT2D eigenvalue weighted by atomic mass is 16.5. The van der Waals surface area contributed by atoms with Crippen LogP contribution in [0.4, 0.5) is 0 Å². The molecule has 0 saturated carbocycles. The van der Waals surface area contributed by atoms with Crippen LogP contribution < -0.4 is 4.74 Å². The first-order chi connectivity index (χ1) is 5.36. The van der Waals surface area contributed by atoms with Crippen molar-refractivity contribution in [3.63, 3.8) is 0 Å². The van der Waals surface area contributed by atoms with E-state index in [4.69, 9.17) is 4.74 Å². The van der Waals surface area contributed by atoms with Gasteiger partial charge in [-0.1, -0.05) is 25.1 Å². The normalized spacial score (nSPS) is 14.1. The molecule has 1 aromatic carbocycles. The highest BCUT2D eigenvalue weighted by molar-refractivity contribution is 5.37. The van der Waals surface area contributed by atoms with Gasteiger partial charge in [0.1, 0.15) is 5.75 Å². The summed E-state index contributed by atoms with van der Waals surface area (Å²) in [7, 11) is 0. The molecule has 0 fully saturated rings. The van der Waals surface area contributed by atoms with Crippen molar-refractivity contribution < 1.29 is 4.74 Å². The van der Waals surface area contributed by atoms with Crippen molar-refractivity contribution in [2.24, 2.45) is 0 Å². The van der Waals surface area contributed by atoms with Gasteiger partial charge in [-0.25, -0.2) is 0 Å². The number of benzene rings is 1. The third-order valence-electron chi connectivity index (χ3n) is 2.06. The van der Waals surface area contributed by atoms with Gasteiger partial charge in [0.15, 0.2) is 0 Å². The van der Waals surface area contributed by atoms with Crippen molar-refractivity contribution in [1.29, 1.82) is 0 Å². The molecule has 0 aromatic heterocycles. The first-order valence-corrected chi connectivity index (χ1v) is 4.08. The Kier molecular flexibility index (Phi) is 2.74. The highest BCUT2D eigenvalue weighted by Gasteiger charge is 2.08. The Morgan fingerprint density at radius 2 is 2.17 bits per heavy atom. The van der Waals surface area contributed by atoms with Crippen LogP contribution in [-0.4, -0.2) is 6.61 Å². The van der Waals surface area contributed by atoms with E-state index in [-0.39, 0.29) is 7.43 Å². The fourth-order valence-corrected chi connectivity index (χ4v) is 1.49. The molecule has 0 aliphatic carbocycles. The van der Waals surface area contributed by atoms with Crippen LogP contribution in [0.5, 0.6) is 5.75 Å². The largest absolute Gasteiger partial charge is 0.493 e. The van der Waals surface area contributed by atoms with Crippen molar-refractivity contribution in [3.05, 3.63) is 29.3 Å². The maximum Gasteiger partial charge on any atom is 0.122 e. The van der Waals surface area contributed by atoms with Crippen LogP contribution in [0, 0.1) is 6.92 Å². The first kappa shape index (κ1) is 9.11. The van der Waals surface area contributed by atoms with Gasteiger partial charge in [0.05, 0.1) is 6.61 Å². The molecule has 0 N–H and O–H groups in total. The second-order valence-electron chi connectivity index (χ2n) is 3.06. The van der Waals surface area contributed by atoms with Crippen LogP contribution in [0.15, 0.2) is 18.2 Å². The average molecular weight is 164 g/mol. The average Bonchev–Trinajstić information content (AvgIpc) is 2.04. The molecule has 1 heterocycles. The predicted molar refractivity (Wildman–Crippen MR) is 51.7 cm³/mol. The molecule has 66 valence electrons. The molecule has 1 nitrogen and oxygen atoms in total. The molecule has 1 aliphatic heterocycles. The van der Waals surface area contributed by atoms with Crippen LogP contribution in [-0.2, 0) is 6.42 Å². The molecule has 12 heavy (non-hydrogen) atoms. The van der Waals surface area contributed by atoms with E-state index in [1.807, 2.05) is 0 Å². The third kappa shape index (κ3) is 1.60. The number of rotatable bonds is 0. The fourth-order valence-electron chi connectivity index (χ4n) is 1.49. The van der Waals surface area contributed by atoms with E-state index in [1.54, 1.807) is 0 Å². The Bertz CT molecular complexity index is 266. The van der Waals surface area contributed by atoms with Gasteiger partial charge in [-0.3, -0.25) is 0 Å². The standard InChI is InChI=1S/C10H12O.CH4/c1-8-4-5-10-9(7-8)3-2-6-11-10;/h4-5,7H,2-3,6H2,1H3;1H4. The predicted octanol–water partition coefficient (Wildman–Crippen LogP) is 2.96. The molecule has 1 heteroatoms. The second kappa shape index (κ2) is 3.61. The zero-order valence-electron chi connectivity index (χ0n) is 6.76. The molecular weight excluding hydrogens is 148 g/mol. The van der Waals surface area contributed by atoms with Crippen molar-refractivity contribution in [2.45, 2.75) is 27.2 Å². The monoisotopic (exact) mass is 164 g/mol. The summed E-state index contributed by atoms with van der Waals surface area (Å²) in [5.74, 6) is 1.09. The molecular formula is C11H16O. The van der Waals surface area contributed by atoms with E-state index in [0.717, 1.165) is 18.8 Å². The van der Waals surface area contributed by atoms with Crippen LogP contribution in [0.3, 0.4) is 0 Å². The van der Waals surface area contributed by atoms with Crippen LogP contribution in [0.1, 0.15) is 25.0 Å². The number of fused-ring (bicyclic) bond motifs is 1. The minimum atomic E-state index is 0. The summed E-state index contributed by atoms with van der Waals surface area (Å²) in [6.45, 7) is 3.00. The fraction of sp³-hybridized carbons (Fsp3) is 0.455. The topological polar surface area (TPSA) is 9.23 Å². The quantitative estimate of drug-likeness (QED) is 0.573. The number of hydrogen-bond acceptors (Lipinski definition) is 1. The minimum Gasteiger partial charge on any atom is -0.493 e. The van der Waals surface area contributed by atoms with Crippen molar-refractivity contribution in [1.82, 2.24) is 0 Å². The molecule has 0 radical (unpaired) electrons. The van der Waals surface area contributed by atoms with Gasteiger partial charge in [-0.15, -0.1) is 0 Å². The van der Waals surface area contributed by atoms with Crippen LogP contribution in [0.2, 0.25) is 0 Å². The molecule has 1 aromatic rings. The molecule has 0 spiro atoms. The van der Waals surface area contributed by atoms with Crippen molar-refractivity contribution >= 4 is 0 Å². The Hall–Kier alpha value is -0.980. The molecule has 0 unspecified atom stereocenters. The highest BCUT2D eigenvalue weighted by Crippen LogP contribution is 2.24. The van der Waals surface area contributed by atoms with Crippen molar-refractivity contribution in [3.8, 4) is 5.75 Å². The van der Waals surface area contributed by atoms with Crippen LogP contribution in [0.25, 0.3) is 0 Å². The second-order valence-corrected chi connectivity index (χ2v) is 3.06.